The highest BCUT2D eigenvalue weighted by Crippen LogP contribution is 2.20. The minimum Gasteiger partial charge on any atom is -0.383 e. The van der Waals surface area contributed by atoms with Gasteiger partial charge < -0.3 is 9.88 Å². The number of nitriles is 1. The van der Waals surface area contributed by atoms with Gasteiger partial charge >= 0.3 is 0 Å². The van der Waals surface area contributed by atoms with Crippen LogP contribution in [0.3, 0.4) is 0 Å². The van der Waals surface area contributed by atoms with Gasteiger partial charge in [0.1, 0.15) is 11.9 Å². The lowest BCUT2D eigenvalue weighted by Gasteiger charge is -2.08. The molecule has 1 aromatic heterocycles. The van der Waals surface area contributed by atoms with Gasteiger partial charge in [0.05, 0.1) is 11.3 Å². The normalized spacial score (nSPS) is 10.1. The van der Waals surface area contributed by atoms with Crippen LogP contribution < -0.4 is 5.32 Å². The highest BCUT2D eigenvalue weighted by atomic mass is 35.5. The van der Waals surface area contributed by atoms with Crippen LogP contribution in [0.1, 0.15) is 11.4 Å². The lowest BCUT2D eigenvalue weighted by molar-refractivity contribution is 0.789. The lowest BCUT2D eigenvalue weighted by atomic mass is 10.2. The van der Waals surface area contributed by atoms with E-state index in [9.17, 15) is 0 Å². The molecule has 4 nitrogen and oxygen atoms in total. The summed E-state index contributed by atoms with van der Waals surface area (Å²) in [6.07, 6.45) is 4.48. The summed E-state index contributed by atoms with van der Waals surface area (Å²) in [4.78, 5) is 4.24. The van der Waals surface area contributed by atoms with Gasteiger partial charge in [-0.1, -0.05) is 11.6 Å². The summed E-state index contributed by atoms with van der Waals surface area (Å²) in [5.41, 5.74) is 1.36. The third-order valence-electron chi connectivity index (χ3n) is 2.69. The van der Waals surface area contributed by atoms with E-state index in [0.717, 1.165) is 17.9 Å². The summed E-state index contributed by atoms with van der Waals surface area (Å²) in [5.74, 6) is 1.00. The first-order chi connectivity index (χ1) is 8.70. The molecule has 2 rings (SSSR count). The fraction of sp³-hybridized carbons (Fsp3) is 0.231. The van der Waals surface area contributed by atoms with Crippen molar-refractivity contribution in [1.29, 1.82) is 5.26 Å². The molecule has 0 aliphatic carbocycles. The van der Waals surface area contributed by atoms with Crippen molar-refractivity contribution in [3.63, 3.8) is 0 Å². The number of rotatable bonds is 4. The molecule has 0 spiro atoms. The van der Waals surface area contributed by atoms with E-state index in [-0.39, 0.29) is 0 Å². The number of anilines is 1. The van der Waals surface area contributed by atoms with Crippen LogP contribution in [-0.2, 0) is 13.5 Å². The largest absolute Gasteiger partial charge is 0.383 e. The van der Waals surface area contributed by atoms with Crippen molar-refractivity contribution in [2.75, 3.05) is 11.9 Å². The zero-order valence-corrected chi connectivity index (χ0v) is 10.8. The summed E-state index contributed by atoms with van der Waals surface area (Å²) in [6, 6.07) is 7.32. The Kier molecular flexibility index (Phi) is 3.85. The molecule has 1 heterocycles. The van der Waals surface area contributed by atoms with E-state index < -0.39 is 0 Å². The van der Waals surface area contributed by atoms with Crippen LogP contribution in [0.4, 0.5) is 5.69 Å². The number of hydrogen-bond donors (Lipinski definition) is 1. The molecule has 0 bridgehead atoms. The number of aryl methyl sites for hydroxylation is 1. The van der Waals surface area contributed by atoms with E-state index in [1.54, 1.807) is 24.4 Å². The van der Waals surface area contributed by atoms with Gasteiger partial charge in [0.2, 0.25) is 0 Å². The molecule has 92 valence electrons. The second-order valence-corrected chi connectivity index (χ2v) is 4.37. The molecular weight excluding hydrogens is 248 g/mol. The minimum atomic E-state index is 0.597. The first kappa shape index (κ1) is 12.5. The molecule has 1 N–H and O–H groups in total. The van der Waals surface area contributed by atoms with Crippen molar-refractivity contribution in [3.05, 3.63) is 47.0 Å². The maximum atomic E-state index is 8.99. The Labute approximate surface area is 111 Å². The third kappa shape index (κ3) is 2.82. The molecule has 0 aliphatic heterocycles. The minimum absolute atomic E-state index is 0.597. The number of imidazole rings is 1. The molecule has 1 aromatic carbocycles. The van der Waals surface area contributed by atoms with E-state index in [2.05, 4.69) is 16.4 Å². The molecule has 0 atom stereocenters. The van der Waals surface area contributed by atoms with Crippen molar-refractivity contribution >= 4 is 17.3 Å². The molecule has 0 aliphatic rings. The fourth-order valence-electron chi connectivity index (χ4n) is 1.71. The predicted molar refractivity (Wildman–Crippen MR) is 71.6 cm³/mol. The Morgan fingerprint density at radius 3 is 3.00 bits per heavy atom. The molecule has 5 heteroatoms. The Bertz CT molecular complexity index is 583. The second kappa shape index (κ2) is 5.56. The quantitative estimate of drug-likeness (QED) is 0.919. The Balaban J connectivity index is 2.00. The maximum absolute atomic E-state index is 8.99. The SMILES string of the molecule is Cn1ccnc1CCNc1cc(Cl)ccc1C#N. The molecule has 0 radical (unpaired) electrons. The van der Waals surface area contributed by atoms with Crippen LogP contribution in [0.15, 0.2) is 30.6 Å². The topological polar surface area (TPSA) is 53.6 Å². The van der Waals surface area contributed by atoms with Gasteiger partial charge in [-0.15, -0.1) is 0 Å². The highest BCUT2D eigenvalue weighted by Gasteiger charge is 2.03. The van der Waals surface area contributed by atoms with E-state index in [4.69, 9.17) is 16.9 Å². The molecular formula is C13H13ClN4. The summed E-state index contributed by atoms with van der Waals surface area (Å²) < 4.78 is 1.98. The van der Waals surface area contributed by atoms with E-state index >= 15 is 0 Å². The van der Waals surface area contributed by atoms with Crippen LogP contribution in [0.25, 0.3) is 0 Å². The molecule has 0 saturated heterocycles. The zero-order valence-electron chi connectivity index (χ0n) is 10.0. The molecule has 0 amide bonds. The lowest BCUT2D eigenvalue weighted by Crippen LogP contribution is -2.09. The average molecular weight is 261 g/mol. The van der Waals surface area contributed by atoms with Gasteiger partial charge in [-0.3, -0.25) is 0 Å². The van der Waals surface area contributed by atoms with Gasteiger partial charge in [-0.25, -0.2) is 4.98 Å². The Hall–Kier alpha value is -1.99. The van der Waals surface area contributed by atoms with Gasteiger partial charge in [0.25, 0.3) is 0 Å². The van der Waals surface area contributed by atoms with E-state index in [1.165, 1.54) is 0 Å². The van der Waals surface area contributed by atoms with Crippen molar-refractivity contribution in [2.45, 2.75) is 6.42 Å². The predicted octanol–water partition coefficient (Wildman–Crippen LogP) is 2.60. The van der Waals surface area contributed by atoms with Crippen molar-refractivity contribution in [1.82, 2.24) is 9.55 Å². The van der Waals surface area contributed by atoms with Gasteiger partial charge in [0.15, 0.2) is 0 Å². The van der Waals surface area contributed by atoms with Crippen LogP contribution in [-0.4, -0.2) is 16.1 Å². The zero-order chi connectivity index (χ0) is 13.0. The van der Waals surface area contributed by atoms with E-state index in [0.29, 0.717) is 17.1 Å². The van der Waals surface area contributed by atoms with Crippen LogP contribution in [0, 0.1) is 11.3 Å². The summed E-state index contributed by atoms with van der Waals surface area (Å²) >= 11 is 5.91. The number of nitrogens with zero attached hydrogens (tertiary/aromatic N) is 3. The number of nitrogens with one attached hydrogen (secondary N) is 1. The van der Waals surface area contributed by atoms with Crippen molar-refractivity contribution in [2.24, 2.45) is 7.05 Å². The average Bonchev–Trinajstić information content (AvgIpc) is 2.76. The van der Waals surface area contributed by atoms with Gasteiger partial charge in [-0.05, 0) is 18.2 Å². The van der Waals surface area contributed by atoms with Crippen LogP contribution in [0.5, 0.6) is 0 Å². The molecule has 0 fully saturated rings. The third-order valence-corrected chi connectivity index (χ3v) is 2.92. The number of benzene rings is 1. The Morgan fingerprint density at radius 2 is 2.33 bits per heavy atom. The number of halogens is 1. The standard InChI is InChI=1S/C13H13ClN4/c1-18-7-6-17-13(18)4-5-16-12-8-11(14)3-2-10(12)9-15/h2-3,6-8,16H,4-5H2,1H3. The summed E-state index contributed by atoms with van der Waals surface area (Å²) in [5, 5.41) is 12.8. The maximum Gasteiger partial charge on any atom is 0.110 e. The van der Waals surface area contributed by atoms with Crippen LogP contribution in [0.2, 0.25) is 5.02 Å². The van der Waals surface area contributed by atoms with Crippen LogP contribution >= 0.6 is 11.6 Å². The van der Waals surface area contributed by atoms with Crippen molar-refractivity contribution < 1.29 is 0 Å². The monoisotopic (exact) mass is 260 g/mol. The highest BCUT2D eigenvalue weighted by molar-refractivity contribution is 6.30. The van der Waals surface area contributed by atoms with E-state index in [1.807, 2.05) is 17.8 Å². The van der Waals surface area contributed by atoms with Gasteiger partial charge in [-0.2, -0.15) is 5.26 Å². The van der Waals surface area contributed by atoms with Crippen molar-refractivity contribution in [3.8, 4) is 6.07 Å². The summed E-state index contributed by atoms with van der Waals surface area (Å²) in [6.45, 7) is 0.708. The first-order valence-corrected chi connectivity index (χ1v) is 5.98. The molecule has 2 aromatic rings. The number of hydrogen-bond acceptors (Lipinski definition) is 3. The second-order valence-electron chi connectivity index (χ2n) is 3.93. The summed E-state index contributed by atoms with van der Waals surface area (Å²) in [7, 11) is 1.96. The smallest absolute Gasteiger partial charge is 0.110 e. The molecule has 18 heavy (non-hydrogen) atoms. The first-order valence-electron chi connectivity index (χ1n) is 5.60. The molecule has 0 saturated carbocycles. The molecule has 0 unspecified atom stereocenters. The van der Waals surface area contributed by atoms with Gasteiger partial charge in [0, 0.05) is 37.4 Å². The fourth-order valence-corrected chi connectivity index (χ4v) is 1.88. The Morgan fingerprint density at radius 1 is 1.50 bits per heavy atom. The number of aromatic nitrogens is 2.